The van der Waals surface area contributed by atoms with Crippen molar-refractivity contribution in [2.75, 3.05) is 21.3 Å². The molecule has 0 bridgehead atoms. The number of benzene rings is 1. The molecule has 1 aromatic rings. The summed E-state index contributed by atoms with van der Waals surface area (Å²) in [6, 6.07) is 3.86. The lowest BCUT2D eigenvalue weighted by atomic mass is 9.98. The second-order valence-electron chi connectivity index (χ2n) is 6.21. The predicted octanol–water partition coefficient (Wildman–Crippen LogP) is 2.99. The number of thiocarbonyl (C=S) groups is 1. The number of likely N-dealkylation sites (tertiary alicyclic amines) is 1. The largest absolute Gasteiger partial charge is 0.493 e. The Morgan fingerprint density at radius 3 is 2.04 bits per heavy atom. The third-order valence-corrected chi connectivity index (χ3v) is 4.89. The predicted molar refractivity (Wildman–Crippen MR) is 101 cm³/mol. The molecule has 1 amide bonds. The number of piperidine rings is 1. The molecule has 1 fully saturated rings. The van der Waals surface area contributed by atoms with Crippen LogP contribution in [0.5, 0.6) is 17.2 Å². The first-order valence-electron chi connectivity index (χ1n) is 8.36. The summed E-state index contributed by atoms with van der Waals surface area (Å²) < 4.78 is 15.9. The lowest BCUT2D eigenvalue weighted by Gasteiger charge is -2.40. The van der Waals surface area contributed by atoms with E-state index in [1.165, 1.54) is 27.8 Å². The van der Waals surface area contributed by atoms with Gasteiger partial charge in [0.2, 0.25) is 5.75 Å². The molecule has 25 heavy (non-hydrogen) atoms. The number of nitrogens with one attached hydrogen (secondary N) is 1. The van der Waals surface area contributed by atoms with Gasteiger partial charge in [-0.2, -0.15) is 0 Å². The summed E-state index contributed by atoms with van der Waals surface area (Å²) in [5.41, 5.74) is 0.397. The summed E-state index contributed by atoms with van der Waals surface area (Å²) in [6.45, 7) is 4.26. The van der Waals surface area contributed by atoms with Gasteiger partial charge < -0.3 is 19.1 Å². The summed E-state index contributed by atoms with van der Waals surface area (Å²) in [5, 5.41) is 3.29. The topological polar surface area (TPSA) is 60.0 Å². The summed E-state index contributed by atoms with van der Waals surface area (Å²) >= 11 is 5.48. The van der Waals surface area contributed by atoms with Crippen molar-refractivity contribution < 1.29 is 19.0 Å². The first-order chi connectivity index (χ1) is 11.9. The average Bonchev–Trinajstić information content (AvgIpc) is 2.59. The molecule has 2 atom stereocenters. The van der Waals surface area contributed by atoms with Crippen molar-refractivity contribution in [3.63, 3.8) is 0 Å². The zero-order valence-corrected chi connectivity index (χ0v) is 16.2. The molecular weight excluding hydrogens is 340 g/mol. The number of hydrogen-bond donors (Lipinski definition) is 1. The van der Waals surface area contributed by atoms with Crippen LogP contribution in [0.15, 0.2) is 12.1 Å². The van der Waals surface area contributed by atoms with Gasteiger partial charge in [0, 0.05) is 17.6 Å². The molecule has 0 radical (unpaired) electrons. The number of rotatable bonds is 4. The zero-order chi connectivity index (χ0) is 18.6. The Balaban J connectivity index is 2.21. The molecule has 1 heterocycles. The van der Waals surface area contributed by atoms with Crippen LogP contribution >= 0.6 is 12.2 Å². The number of hydrogen-bond acceptors (Lipinski definition) is 5. The molecule has 1 aliphatic rings. The first-order valence-corrected chi connectivity index (χ1v) is 8.77. The maximum absolute atomic E-state index is 12.7. The van der Waals surface area contributed by atoms with Crippen molar-refractivity contribution in [1.29, 1.82) is 0 Å². The van der Waals surface area contributed by atoms with Gasteiger partial charge in [-0.05, 0) is 57.5 Å². The van der Waals surface area contributed by atoms with Gasteiger partial charge in [0.1, 0.15) is 0 Å². The Bertz CT molecular complexity index is 615. The SMILES string of the molecule is COc1cc(C(=O)NC(=S)N2[C@H](C)CCC[C@@H]2C)cc(OC)c1OC. The molecule has 0 spiro atoms. The Morgan fingerprint density at radius 1 is 1.08 bits per heavy atom. The minimum absolute atomic E-state index is 0.297. The molecule has 0 unspecified atom stereocenters. The quantitative estimate of drug-likeness (QED) is 0.827. The van der Waals surface area contributed by atoms with Gasteiger partial charge in [-0.25, -0.2) is 0 Å². The molecule has 1 saturated heterocycles. The highest BCUT2D eigenvalue weighted by Crippen LogP contribution is 2.38. The molecule has 0 aromatic heterocycles. The number of methoxy groups -OCH3 is 3. The number of ether oxygens (including phenoxy) is 3. The maximum Gasteiger partial charge on any atom is 0.257 e. The normalized spacial score (nSPS) is 20.0. The monoisotopic (exact) mass is 366 g/mol. The molecule has 0 saturated carbocycles. The van der Waals surface area contributed by atoms with E-state index in [0.29, 0.717) is 40.0 Å². The van der Waals surface area contributed by atoms with E-state index >= 15 is 0 Å². The van der Waals surface area contributed by atoms with E-state index in [4.69, 9.17) is 26.4 Å². The molecule has 1 aromatic carbocycles. The zero-order valence-electron chi connectivity index (χ0n) is 15.4. The number of carbonyl (C=O) groups excluding carboxylic acids is 1. The summed E-state index contributed by atoms with van der Waals surface area (Å²) in [7, 11) is 4.55. The van der Waals surface area contributed by atoms with Crippen molar-refractivity contribution in [3.8, 4) is 17.2 Å². The van der Waals surface area contributed by atoms with Crippen molar-refractivity contribution in [2.45, 2.75) is 45.2 Å². The van der Waals surface area contributed by atoms with Crippen LogP contribution in [0.25, 0.3) is 0 Å². The van der Waals surface area contributed by atoms with E-state index in [2.05, 4.69) is 24.1 Å². The fraction of sp³-hybridized carbons (Fsp3) is 0.556. The third kappa shape index (κ3) is 4.15. The van der Waals surface area contributed by atoms with Gasteiger partial charge in [0.05, 0.1) is 21.3 Å². The summed E-state index contributed by atoms with van der Waals surface area (Å²) in [5.74, 6) is 1.01. The van der Waals surface area contributed by atoms with E-state index in [-0.39, 0.29) is 5.91 Å². The molecule has 6 nitrogen and oxygen atoms in total. The summed E-state index contributed by atoms with van der Waals surface area (Å²) in [6.07, 6.45) is 3.33. The smallest absolute Gasteiger partial charge is 0.257 e. The van der Waals surface area contributed by atoms with E-state index in [1.54, 1.807) is 12.1 Å². The van der Waals surface area contributed by atoms with Gasteiger partial charge >= 0.3 is 0 Å². The van der Waals surface area contributed by atoms with Crippen molar-refractivity contribution in [2.24, 2.45) is 0 Å². The minimum Gasteiger partial charge on any atom is -0.493 e. The fourth-order valence-corrected chi connectivity index (χ4v) is 3.72. The highest BCUT2D eigenvalue weighted by Gasteiger charge is 2.28. The second kappa shape index (κ2) is 8.38. The van der Waals surface area contributed by atoms with Gasteiger partial charge in [-0.3, -0.25) is 10.1 Å². The molecule has 0 aliphatic carbocycles. The first kappa shape index (κ1) is 19.3. The lowest BCUT2D eigenvalue weighted by molar-refractivity contribution is 0.0965. The molecule has 1 aliphatic heterocycles. The van der Waals surface area contributed by atoms with Gasteiger partial charge in [-0.15, -0.1) is 0 Å². The number of amides is 1. The fourth-order valence-electron chi connectivity index (χ4n) is 3.27. The number of nitrogens with zero attached hydrogens (tertiary/aromatic N) is 1. The van der Waals surface area contributed by atoms with Crippen LogP contribution in [0.4, 0.5) is 0 Å². The Kier molecular flexibility index (Phi) is 6.47. The van der Waals surface area contributed by atoms with Crippen molar-refractivity contribution in [3.05, 3.63) is 17.7 Å². The van der Waals surface area contributed by atoms with Gasteiger partial charge in [0.15, 0.2) is 16.6 Å². The van der Waals surface area contributed by atoms with Crippen LogP contribution in [0.2, 0.25) is 0 Å². The van der Waals surface area contributed by atoms with E-state index in [0.717, 1.165) is 12.8 Å². The standard InChI is InChI=1S/C18H26N2O4S/c1-11-7-6-8-12(2)20(11)18(25)19-17(21)13-9-14(22-3)16(24-5)15(10-13)23-4/h9-12H,6-8H2,1-5H3,(H,19,21,25)/t11-,12+. The third-order valence-electron chi connectivity index (χ3n) is 4.58. The van der Waals surface area contributed by atoms with E-state index in [1.807, 2.05) is 0 Å². The molecular formula is C18H26N2O4S. The highest BCUT2D eigenvalue weighted by molar-refractivity contribution is 7.80. The van der Waals surface area contributed by atoms with Gasteiger partial charge in [0.25, 0.3) is 5.91 Å². The van der Waals surface area contributed by atoms with E-state index < -0.39 is 0 Å². The van der Waals surface area contributed by atoms with Crippen LogP contribution in [0.3, 0.4) is 0 Å². The molecule has 2 rings (SSSR count). The van der Waals surface area contributed by atoms with Gasteiger partial charge in [-0.1, -0.05) is 0 Å². The lowest BCUT2D eigenvalue weighted by Crippen LogP contribution is -2.52. The second-order valence-corrected chi connectivity index (χ2v) is 6.60. The summed E-state index contributed by atoms with van der Waals surface area (Å²) in [4.78, 5) is 14.8. The molecule has 7 heteroatoms. The number of carbonyl (C=O) groups is 1. The van der Waals surface area contributed by atoms with Crippen LogP contribution in [0.1, 0.15) is 43.5 Å². The Labute approximate surface area is 154 Å². The van der Waals surface area contributed by atoms with Crippen LogP contribution in [-0.4, -0.2) is 49.3 Å². The van der Waals surface area contributed by atoms with Crippen LogP contribution in [0, 0.1) is 0 Å². The van der Waals surface area contributed by atoms with Crippen molar-refractivity contribution in [1.82, 2.24) is 10.2 Å². The Morgan fingerprint density at radius 2 is 1.60 bits per heavy atom. The average molecular weight is 366 g/mol. The highest BCUT2D eigenvalue weighted by atomic mass is 32.1. The molecule has 138 valence electrons. The Hall–Kier alpha value is -2.02. The molecule has 1 N–H and O–H groups in total. The van der Waals surface area contributed by atoms with Crippen LogP contribution < -0.4 is 19.5 Å². The van der Waals surface area contributed by atoms with Crippen LogP contribution in [-0.2, 0) is 0 Å². The van der Waals surface area contributed by atoms with E-state index in [9.17, 15) is 4.79 Å². The van der Waals surface area contributed by atoms with Crippen molar-refractivity contribution >= 4 is 23.2 Å². The minimum atomic E-state index is -0.297. The maximum atomic E-state index is 12.7.